The highest BCUT2D eigenvalue weighted by Crippen LogP contribution is 1.91. The third-order valence-electron chi connectivity index (χ3n) is 2.14. The molecule has 0 bridgehead atoms. The second-order valence-corrected chi connectivity index (χ2v) is 6.24. The first-order chi connectivity index (χ1) is 9.28. The van der Waals surface area contributed by atoms with Crippen LogP contribution < -0.4 is 10.6 Å². The Hall–Kier alpha value is -2.17. The maximum absolute atomic E-state index is 11.3. The number of carboxylic acids is 1. The van der Waals surface area contributed by atoms with Crippen molar-refractivity contribution in [2.75, 3.05) is 25.1 Å². The molecule has 3 N–H and O–H groups in total. The van der Waals surface area contributed by atoms with Crippen LogP contribution in [0, 0.1) is 0 Å². The molecule has 0 radical (unpaired) electrons. The molecule has 0 aromatic carbocycles. The first-order valence-electron chi connectivity index (χ1n) is 5.61. The first kappa shape index (κ1) is 15.9. The van der Waals surface area contributed by atoms with E-state index in [2.05, 4.69) is 20.9 Å². The predicted molar refractivity (Wildman–Crippen MR) is 68.1 cm³/mol. The molecule has 0 aliphatic carbocycles. The summed E-state index contributed by atoms with van der Waals surface area (Å²) in [6.45, 7) is 0.476. The Morgan fingerprint density at radius 1 is 1.35 bits per heavy atom. The van der Waals surface area contributed by atoms with Gasteiger partial charge in [-0.3, -0.25) is 0 Å². The molecule has 0 aliphatic heterocycles. The zero-order chi connectivity index (χ0) is 15.2. The highest BCUT2D eigenvalue weighted by molar-refractivity contribution is 7.90. The van der Waals surface area contributed by atoms with Crippen LogP contribution in [-0.4, -0.2) is 65.6 Å². The van der Waals surface area contributed by atoms with Crippen molar-refractivity contribution in [1.29, 1.82) is 0 Å². The van der Waals surface area contributed by atoms with E-state index in [-0.39, 0.29) is 31.1 Å². The minimum absolute atomic E-state index is 0.0250. The molecular formula is C9H15N5O5S. The Labute approximate surface area is 115 Å². The fourth-order valence-electron chi connectivity index (χ4n) is 1.20. The number of aromatic nitrogens is 3. The minimum Gasteiger partial charge on any atom is -0.476 e. The third kappa shape index (κ3) is 6.13. The predicted octanol–water partition coefficient (Wildman–Crippen LogP) is -1.68. The number of nitrogens with zero attached hydrogens (tertiary/aromatic N) is 3. The number of hydrogen-bond donors (Lipinski definition) is 3. The molecule has 20 heavy (non-hydrogen) atoms. The van der Waals surface area contributed by atoms with Gasteiger partial charge in [-0.1, -0.05) is 5.21 Å². The number of carbonyl (C=O) groups excluding carboxylic acids is 1. The van der Waals surface area contributed by atoms with Crippen molar-refractivity contribution in [2.45, 2.75) is 6.54 Å². The van der Waals surface area contributed by atoms with Crippen molar-refractivity contribution in [3.8, 4) is 0 Å². The molecule has 0 unspecified atom stereocenters. The Kier molecular flexibility index (Phi) is 5.43. The number of sulfone groups is 1. The summed E-state index contributed by atoms with van der Waals surface area (Å²) < 4.78 is 22.9. The third-order valence-corrected chi connectivity index (χ3v) is 3.09. The van der Waals surface area contributed by atoms with Crippen molar-refractivity contribution >= 4 is 21.8 Å². The lowest BCUT2D eigenvalue weighted by Gasteiger charge is -2.06. The molecule has 11 heteroatoms. The number of aromatic carboxylic acids is 1. The summed E-state index contributed by atoms with van der Waals surface area (Å²) >= 11 is 0. The van der Waals surface area contributed by atoms with Gasteiger partial charge >= 0.3 is 12.0 Å². The van der Waals surface area contributed by atoms with E-state index in [4.69, 9.17) is 5.11 Å². The summed E-state index contributed by atoms with van der Waals surface area (Å²) in [4.78, 5) is 21.8. The Morgan fingerprint density at radius 3 is 2.55 bits per heavy atom. The van der Waals surface area contributed by atoms with Gasteiger partial charge < -0.3 is 15.7 Å². The molecule has 0 atom stereocenters. The van der Waals surface area contributed by atoms with Crippen LogP contribution >= 0.6 is 0 Å². The van der Waals surface area contributed by atoms with E-state index in [1.165, 1.54) is 10.9 Å². The van der Waals surface area contributed by atoms with E-state index in [0.29, 0.717) is 0 Å². The zero-order valence-corrected chi connectivity index (χ0v) is 11.6. The summed E-state index contributed by atoms with van der Waals surface area (Å²) in [6, 6.07) is -0.507. The summed E-state index contributed by atoms with van der Waals surface area (Å²) in [5.74, 6) is -1.31. The summed E-state index contributed by atoms with van der Waals surface area (Å²) in [6.07, 6.45) is 2.32. The molecule has 10 nitrogen and oxygen atoms in total. The lowest BCUT2D eigenvalue weighted by molar-refractivity contribution is 0.0690. The molecule has 1 aromatic rings. The van der Waals surface area contributed by atoms with Gasteiger partial charge in [0.15, 0.2) is 5.69 Å². The summed E-state index contributed by atoms with van der Waals surface area (Å²) in [5, 5.41) is 20.5. The van der Waals surface area contributed by atoms with E-state index in [0.717, 1.165) is 6.26 Å². The Morgan fingerprint density at radius 2 is 2.00 bits per heavy atom. The molecule has 0 spiro atoms. The molecule has 0 saturated carbocycles. The van der Waals surface area contributed by atoms with Gasteiger partial charge in [-0.25, -0.2) is 22.7 Å². The van der Waals surface area contributed by atoms with Gasteiger partial charge in [-0.15, -0.1) is 5.10 Å². The van der Waals surface area contributed by atoms with Gasteiger partial charge in [0.2, 0.25) is 0 Å². The van der Waals surface area contributed by atoms with Crippen LogP contribution in [0.25, 0.3) is 0 Å². The van der Waals surface area contributed by atoms with E-state index < -0.39 is 21.8 Å². The van der Waals surface area contributed by atoms with Gasteiger partial charge in [-0.05, 0) is 0 Å². The molecule has 0 fully saturated rings. The van der Waals surface area contributed by atoms with Crippen molar-refractivity contribution in [1.82, 2.24) is 25.6 Å². The molecule has 0 aliphatic rings. The van der Waals surface area contributed by atoms with Gasteiger partial charge in [0.05, 0.1) is 18.5 Å². The van der Waals surface area contributed by atoms with Crippen LogP contribution in [0.2, 0.25) is 0 Å². The van der Waals surface area contributed by atoms with Crippen molar-refractivity contribution in [3.05, 3.63) is 11.9 Å². The second kappa shape index (κ2) is 6.84. The number of amides is 2. The fraction of sp³-hybridized carbons (Fsp3) is 0.556. The van der Waals surface area contributed by atoms with E-state index in [1.54, 1.807) is 0 Å². The highest BCUT2D eigenvalue weighted by Gasteiger charge is 2.08. The standard InChI is InChI=1S/C9H15N5O5S/c1-20(18,19)5-3-11-9(17)10-2-4-14-6-7(8(15)16)12-13-14/h6H,2-5H2,1H3,(H,15,16)(H2,10,11,17). The quantitative estimate of drug-likeness (QED) is 0.546. The number of urea groups is 1. The van der Waals surface area contributed by atoms with Crippen LogP contribution in [-0.2, 0) is 16.4 Å². The maximum atomic E-state index is 11.3. The number of carbonyl (C=O) groups is 2. The van der Waals surface area contributed by atoms with Crippen LogP contribution in [0.3, 0.4) is 0 Å². The smallest absolute Gasteiger partial charge is 0.358 e. The average Bonchev–Trinajstić information content (AvgIpc) is 2.76. The normalized spacial score (nSPS) is 11.1. The lowest BCUT2D eigenvalue weighted by Crippen LogP contribution is -2.39. The van der Waals surface area contributed by atoms with Crippen LogP contribution in [0.4, 0.5) is 4.79 Å². The first-order valence-corrected chi connectivity index (χ1v) is 7.67. The van der Waals surface area contributed by atoms with Crippen molar-refractivity contribution in [2.24, 2.45) is 0 Å². The fourth-order valence-corrected chi connectivity index (χ4v) is 1.67. The topological polar surface area (TPSA) is 143 Å². The van der Waals surface area contributed by atoms with Crippen LogP contribution in [0.1, 0.15) is 10.5 Å². The van der Waals surface area contributed by atoms with Gasteiger partial charge in [0.25, 0.3) is 0 Å². The molecule has 112 valence electrons. The van der Waals surface area contributed by atoms with Gasteiger partial charge in [0, 0.05) is 19.3 Å². The molecule has 1 rings (SSSR count). The van der Waals surface area contributed by atoms with Crippen LogP contribution in [0.5, 0.6) is 0 Å². The van der Waals surface area contributed by atoms with Gasteiger partial charge in [0.1, 0.15) is 9.84 Å². The summed E-state index contributed by atoms with van der Waals surface area (Å²) in [5.41, 5.74) is -0.178. The molecule has 2 amide bonds. The Balaban J connectivity index is 2.23. The number of rotatable bonds is 7. The molecule has 1 heterocycles. The SMILES string of the molecule is CS(=O)(=O)CCNC(=O)NCCn1cc(C(=O)O)nn1. The monoisotopic (exact) mass is 305 g/mol. The van der Waals surface area contributed by atoms with E-state index in [1.807, 2.05) is 0 Å². The highest BCUT2D eigenvalue weighted by atomic mass is 32.2. The minimum atomic E-state index is -3.11. The number of nitrogens with one attached hydrogen (secondary N) is 2. The van der Waals surface area contributed by atoms with Crippen LogP contribution in [0.15, 0.2) is 6.20 Å². The molecular weight excluding hydrogens is 290 g/mol. The second-order valence-electron chi connectivity index (χ2n) is 3.98. The largest absolute Gasteiger partial charge is 0.476 e. The summed E-state index contributed by atoms with van der Waals surface area (Å²) in [7, 11) is -3.11. The Bertz CT molecular complexity index is 581. The van der Waals surface area contributed by atoms with E-state index >= 15 is 0 Å². The van der Waals surface area contributed by atoms with Gasteiger partial charge in [-0.2, -0.15) is 0 Å². The van der Waals surface area contributed by atoms with Crippen molar-refractivity contribution < 1.29 is 23.1 Å². The van der Waals surface area contributed by atoms with Crippen molar-refractivity contribution in [3.63, 3.8) is 0 Å². The maximum Gasteiger partial charge on any atom is 0.358 e. The number of carboxylic acid groups (broad SMARTS) is 1. The average molecular weight is 305 g/mol. The molecule has 0 saturated heterocycles. The number of hydrogen-bond acceptors (Lipinski definition) is 6. The lowest BCUT2D eigenvalue weighted by atomic mass is 10.5. The zero-order valence-electron chi connectivity index (χ0n) is 10.7. The molecule has 1 aromatic heterocycles. The van der Waals surface area contributed by atoms with E-state index in [9.17, 15) is 18.0 Å².